The van der Waals surface area contributed by atoms with Crippen molar-refractivity contribution in [2.45, 2.75) is 13.5 Å². The number of fused-ring (bicyclic) bond motifs is 1. The molecule has 0 saturated carbocycles. The van der Waals surface area contributed by atoms with E-state index in [0.717, 1.165) is 15.8 Å². The standard InChI is InChI=1S/C19H15FN6O2/c1-12-2-8-15(9-3-12)26-18-17(23-24-26)19(28)25(11-21-18)10-16(27)22-14-6-4-13(20)5-7-14/h2-9,11H,10H2,1H3,(H,22,27). The summed E-state index contributed by atoms with van der Waals surface area (Å²) in [6, 6.07) is 12.9. The van der Waals surface area contributed by atoms with Gasteiger partial charge in [-0.2, -0.15) is 4.68 Å². The molecule has 1 amide bonds. The highest BCUT2D eigenvalue weighted by Gasteiger charge is 2.15. The Hall–Kier alpha value is -3.88. The molecule has 2 aromatic heterocycles. The first kappa shape index (κ1) is 17.5. The number of carbonyl (C=O) groups excluding carboxylic acids is 1. The van der Waals surface area contributed by atoms with Crippen LogP contribution in [0.25, 0.3) is 16.9 Å². The van der Waals surface area contributed by atoms with Crippen LogP contribution in [0.1, 0.15) is 5.56 Å². The van der Waals surface area contributed by atoms with E-state index in [1.54, 1.807) is 0 Å². The van der Waals surface area contributed by atoms with Gasteiger partial charge in [-0.05, 0) is 43.3 Å². The molecule has 0 atom stereocenters. The first-order valence-corrected chi connectivity index (χ1v) is 8.44. The number of amides is 1. The summed E-state index contributed by atoms with van der Waals surface area (Å²) in [5, 5.41) is 10.5. The van der Waals surface area contributed by atoms with Gasteiger partial charge in [0.05, 0.1) is 5.69 Å². The minimum atomic E-state index is -0.474. The third-order valence-electron chi connectivity index (χ3n) is 4.15. The van der Waals surface area contributed by atoms with E-state index >= 15 is 0 Å². The summed E-state index contributed by atoms with van der Waals surface area (Å²) in [6.07, 6.45) is 1.28. The zero-order valence-corrected chi connectivity index (χ0v) is 14.8. The Morgan fingerprint density at radius 2 is 1.82 bits per heavy atom. The minimum Gasteiger partial charge on any atom is -0.325 e. The smallest absolute Gasteiger partial charge is 0.284 e. The molecular formula is C19H15FN6O2. The van der Waals surface area contributed by atoms with Gasteiger partial charge in [-0.1, -0.05) is 22.9 Å². The number of nitrogens with one attached hydrogen (secondary N) is 1. The highest BCUT2D eigenvalue weighted by molar-refractivity contribution is 5.90. The number of aromatic nitrogens is 5. The second-order valence-corrected chi connectivity index (χ2v) is 6.24. The monoisotopic (exact) mass is 378 g/mol. The molecule has 1 N–H and O–H groups in total. The van der Waals surface area contributed by atoms with E-state index in [4.69, 9.17) is 0 Å². The van der Waals surface area contributed by atoms with Gasteiger partial charge in [0.1, 0.15) is 18.7 Å². The Balaban J connectivity index is 1.60. The molecule has 2 heterocycles. The van der Waals surface area contributed by atoms with Crippen LogP contribution in [0.3, 0.4) is 0 Å². The molecular weight excluding hydrogens is 363 g/mol. The number of halogens is 1. The third kappa shape index (κ3) is 3.37. The van der Waals surface area contributed by atoms with Crippen LogP contribution in [-0.4, -0.2) is 30.5 Å². The van der Waals surface area contributed by atoms with Crippen molar-refractivity contribution in [2.24, 2.45) is 0 Å². The number of hydrogen-bond donors (Lipinski definition) is 1. The van der Waals surface area contributed by atoms with E-state index in [0.29, 0.717) is 11.3 Å². The van der Waals surface area contributed by atoms with Crippen LogP contribution in [0.15, 0.2) is 59.7 Å². The summed E-state index contributed by atoms with van der Waals surface area (Å²) < 4.78 is 15.6. The van der Waals surface area contributed by atoms with Crippen molar-refractivity contribution in [1.29, 1.82) is 0 Å². The number of anilines is 1. The molecule has 4 rings (SSSR count). The lowest BCUT2D eigenvalue weighted by Crippen LogP contribution is -2.28. The van der Waals surface area contributed by atoms with Crippen LogP contribution in [0, 0.1) is 12.7 Å². The molecule has 0 fully saturated rings. The quantitative estimate of drug-likeness (QED) is 0.587. The molecule has 0 aliphatic heterocycles. The maximum Gasteiger partial charge on any atom is 0.284 e. The number of benzene rings is 2. The number of hydrogen-bond acceptors (Lipinski definition) is 5. The maximum atomic E-state index is 12.9. The average Bonchev–Trinajstić information content (AvgIpc) is 3.11. The second-order valence-electron chi connectivity index (χ2n) is 6.24. The fraction of sp³-hybridized carbons (Fsp3) is 0.105. The van der Waals surface area contributed by atoms with Crippen molar-refractivity contribution >= 4 is 22.8 Å². The molecule has 0 aliphatic rings. The summed E-state index contributed by atoms with van der Waals surface area (Å²) in [5.41, 5.74) is 2.15. The molecule has 0 aliphatic carbocycles. The molecule has 0 saturated heterocycles. The molecule has 28 heavy (non-hydrogen) atoms. The highest BCUT2D eigenvalue weighted by atomic mass is 19.1. The van der Waals surface area contributed by atoms with Gasteiger partial charge in [-0.25, -0.2) is 9.37 Å². The SMILES string of the molecule is Cc1ccc(-n2nnc3c(=O)n(CC(=O)Nc4ccc(F)cc4)cnc32)cc1. The molecule has 0 radical (unpaired) electrons. The lowest BCUT2D eigenvalue weighted by molar-refractivity contribution is -0.116. The Morgan fingerprint density at radius 3 is 2.54 bits per heavy atom. The topological polar surface area (TPSA) is 94.7 Å². The van der Waals surface area contributed by atoms with Crippen LogP contribution < -0.4 is 10.9 Å². The first-order valence-electron chi connectivity index (χ1n) is 8.44. The largest absolute Gasteiger partial charge is 0.325 e. The van der Waals surface area contributed by atoms with E-state index in [1.807, 2.05) is 31.2 Å². The van der Waals surface area contributed by atoms with E-state index in [1.165, 1.54) is 35.3 Å². The van der Waals surface area contributed by atoms with Gasteiger partial charge in [-0.3, -0.25) is 14.2 Å². The number of aryl methyl sites for hydroxylation is 1. The lowest BCUT2D eigenvalue weighted by atomic mass is 10.2. The van der Waals surface area contributed by atoms with Gasteiger partial charge in [0.15, 0.2) is 11.2 Å². The highest BCUT2D eigenvalue weighted by Crippen LogP contribution is 2.13. The Morgan fingerprint density at radius 1 is 1.11 bits per heavy atom. The zero-order chi connectivity index (χ0) is 19.7. The molecule has 8 nitrogen and oxygen atoms in total. The number of carbonyl (C=O) groups is 1. The minimum absolute atomic E-state index is 0.0673. The van der Waals surface area contributed by atoms with Crippen molar-refractivity contribution in [3.63, 3.8) is 0 Å². The van der Waals surface area contributed by atoms with Crippen molar-refractivity contribution in [3.05, 3.63) is 76.6 Å². The molecule has 0 bridgehead atoms. The van der Waals surface area contributed by atoms with Crippen LogP contribution in [0.4, 0.5) is 10.1 Å². The molecule has 9 heteroatoms. The average molecular weight is 378 g/mol. The van der Waals surface area contributed by atoms with E-state index in [9.17, 15) is 14.0 Å². The maximum absolute atomic E-state index is 12.9. The van der Waals surface area contributed by atoms with Crippen LogP contribution in [0.2, 0.25) is 0 Å². The summed E-state index contributed by atoms with van der Waals surface area (Å²) in [7, 11) is 0. The summed E-state index contributed by atoms with van der Waals surface area (Å²) >= 11 is 0. The van der Waals surface area contributed by atoms with E-state index < -0.39 is 17.3 Å². The van der Waals surface area contributed by atoms with Gasteiger partial charge >= 0.3 is 0 Å². The van der Waals surface area contributed by atoms with E-state index in [2.05, 4.69) is 20.6 Å². The van der Waals surface area contributed by atoms with E-state index in [-0.39, 0.29) is 12.1 Å². The van der Waals surface area contributed by atoms with Gasteiger partial charge in [0, 0.05) is 5.69 Å². The predicted octanol–water partition coefficient (Wildman–Crippen LogP) is 2.06. The molecule has 2 aromatic carbocycles. The van der Waals surface area contributed by atoms with Crippen LogP contribution in [0.5, 0.6) is 0 Å². The Labute approximate surface area is 158 Å². The number of rotatable bonds is 4. The lowest BCUT2D eigenvalue weighted by Gasteiger charge is -2.07. The molecule has 0 unspecified atom stereocenters. The fourth-order valence-electron chi connectivity index (χ4n) is 2.70. The summed E-state index contributed by atoms with van der Waals surface area (Å²) in [5.74, 6) is -0.846. The predicted molar refractivity (Wildman–Crippen MR) is 101 cm³/mol. The Bertz CT molecular complexity index is 1210. The van der Waals surface area contributed by atoms with Crippen molar-refractivity contribution in [3.8, 4) is 5.69 Å². The first-order chi connectivity index (χ1) is 13.5. The third-order valence-corrected chi connectivity index (χ3v) is 4.15. The molecule has 0 spiro atoms. The molecule has 4 aromatic rings. The van der Waals surface area contributed by atoms with Gasteiger partial charge in [-0.15, -0.1) is 5.10 Å². The van der Waals surface area contributed by atoms with Crippen molar-refractivity contribution < 1.29 is 9.18 Å². The van der Waals surface area contributed by atoms with Gasteiger partial charge in [0.2, 0.25) is 5.91 Å². The van der Waals surface area contributed by atoms with Crippen LogP contribution >= 0.6 is 0 Å². The normalized spacial score (nSPS) is 10.9. The summed E-state index contributed by atoms with van der Waals surface area (Å²) in [6.45, 7) is 1.72. The van der Waals surface area contributed by atoms with Crippen LogP contribution in [-0.2, 0) is 11.3 Å². The van der Waals surface area contributed by atoms with Gasteiger partial charge in [0.25, 0.3) is 5.56 Å². The molecule has 140 valence electrons. The Kier molecular flexibility index (Phi) is 4.40. The summed E-state index contributed by atoms with van der Waals surface area (Å²) in [4.78, 5) is 29.1. The van der Waals surface area contributed by atoms with Crippen molar-refractivity contribution in [2.75, 3.05) is 5.32 Å². The number of nitrogens with zero attached hydrogens (tertiary/aromatic N) is 5. The zero-order valence-electron chi connectivity index (χ0n) is 14.8. The second kappa shape index (κ2) is 7.03. The van der Waals surface area contributed by atoms with Gasteiger partial charge < -0.3 is 5.32 Å². The van der Waals surface area contributed by atoms with Crippen molar-refractivity contribution in [1.82, 2.24) is 24.5 Å². The fourth-order valence-corrected chi connectivity index (χ4v) is 2.70.